The quantitative estimate of drug-likeness (QED) is 0.574. The fourth-order valence-electron chi connectivity index (χ4n) is 1.59. The highest BCUT2D eigenvalue weighted by Crippen LogP contribution is 2.12. The Kier molecular flexibility index (Phi) is 5.95. The molecule has 0 radical (unpaired) electrons. The van der Waals surface area contributed by atoms with Crippen molar-refractivity contribution in [1.29, 1.82) is 0 Å². The number of carbonyl (C=O) groups is 1. The van der Waals surface area contributed by atoms with E-state index in [4.69, 9.17) is 5.11 Å². The van der Waals surface area contributed by atoms with E-state index in [-0.39, 0.29) is 30.5 Å². The van der Waals surface area contributed by atoms with Crippen LogP contribution in [0.3, 0.4) is 0 Å². The van der Waals surface area contributed by atoms with Crippen molar-refractivity contribution in [1.82, 2.24) is 5.32 Å². The van der Waals surface area contributed by atoms with Crippen molar-refractivity contribution in [3.05, 3.63) is 39.9 Å². The fourth-order valence-corrected chi connectivity index (χ4v) is 1.59. The van der Waals surface area contributed by atoms with Gasteiger partial charge in [-0.2, -0.15) is 0 Å². The van der Waals surface area contributed by atoms with E-state index in [0.717, 1.165) is 5.56 Å². The van der Waals surface area contributed by atoms with Gasteiger partial charge in [0.15, 0.2) is 0 Å². The van der Waals surface area contributed by atoms with Gasteiger partial charge in [0, 0.05) is 25.3 Å². The molecule has 0 aliphatic heterocycles. The zero-order valence-corrected chi connectivity index (χ0v) is 10.8. The minimum absolute atomic E-state index is 0.0146. The average Bonchev–Trinajstić information content (AvgIpc) is 2.37. The summed E-state index contributed by atoms with van der Waals surface area (Å²) in [6.07, 6.45) is 0.849. The third-order valence-corrected chi connectivity index (χ3v) is 2.78. The van der Waals surface area contributed by atoms with Gasteiger partial charge < -0.3 is 10.4 Å². The highest BCUT2D eigenvalue weighted by molar-refractivity contribution is 5.78. The summed E-state index contributed by atoms with van der Waals surface area (Å²) in [4.78, 5) is 21.6. The molecule has 1 rings (SSSR count). The molecule has 0 heterocycles. The van der Waals surface area contributed by atoms with Crippen LogP contribution in [0.5, 0.6) is 0 Å². The Morgan fingerprint density at radius 1 is 1.42 bits per heavy atom. The molecule has 0 saturated heterocycles. The Hall–Kier alpha value is -1.95. The van der Waals surface area contributed by atoms with Crippen molar-refractivity contribution in [3.63, 3.8) is 0 Å². The van der Waals surface area contributed by atoms with E-state index in [0.29, 0.717) is 13.0 Å². The van der Waals surface area contributed by atoms with E-state index in [1.807, 2.05) is 6.92 Å². The summed E-state index contributed by atoms with van der Waals surface area (Å²) in [7, 11) is 0. The van der Waals surface area contributed by atoms with Crippen molar-refractivity contribution in [2.45, 2.75) is 19.8 Å². The lowest BCUT2D eigenvalue weighted by Gasteiger charge is -2.11. The molecule has 0 aromatic heterocycles. The summed E-state index contributed by atoms with van der Waals surface area (Å²) >= 11 is 0. The van der Waals surface area contributed by atoms with Crippen LogP contribution in [0, 0.1) is 16.0 Å². The first-order valence-corrected chi connectivity index (χ1v) is 6.13. The van der Waals surface area contributed by atoms with Crippen LogP contribution < -0.4 is 5.32 Å². The molecule has 0 saturated carbocycles. The van der Waals surface area contributed by atoms with Gasteiger partial charge in [0.05, 0.1) is 11.3 Å². The Labute approximate surface area is 111 Å². The number of nitrogens with one attached hydrogen (secondary N) is 1. The molecular formula is C13H18N2O4. The number of hydrogen-bond acceptors (Lipinski definition) is 4. The number of non-ortho nitro benzene ring substituents is 1. The first-order chi connectivity index (χ1) is 9.02. The Balaban J connectivity index is 2.42. The number of nitro groups is 1. The first-order valence-electron chi connectivity index (χ1n) is 6.13. The van der Waals surface area contributed by atoms with Gasteiger partial charge in [-0.3, -0.25) is 14.9 Å². The minimum Gasteiger partial charge on any atom is -0.396 e. The van der Waals surface area contributed by atoms with Crippen LogP contribution in [0.15, 0.2) is 24.3 Å². The molecule has 104 valence electrons. The summed E-state index contributed by atoms with van der Waals surface area (Å²) < 4.78 is 0. The van der Waals surface area contributed by atoms with Gasteiger partial charge in [-0.25, -0.2) is 0 Å². The monoisotopic (exact) mass is 266 g/mol. The van der Waals surface area contributed by atoms with Crippen LogP contribution in [0.1, 0.15) is 18.9 Å². The minimum atomic E-state index is -0.472. The van der Waals surface area contributed by atoms with Crippen LogP contribution >= 0.6 is 0 Å². The van der Waals surface area contributed by atoms with E-state index in [1.165, 1.54) is 12.1 Å². The zero-order valence-electron chi connectivity index (χ0n) is 10.8. The molecule has 19 heavy (non-hydrogen) atoms. The Bertz CT molecular complexity index is 431. The number of carbonyl (C=O) groups excluding carboxylic acids is 1. The molecule has 1 atom stereocenters. The van der Waals surface area contributed by atoms with Crippen molar-refractivity contribution in [2.75, 3.05) is 13.2 Å². The molecule has 0 aliphatic carbocycles. The SMILES string of the molecule is CC(CCO)CNC(=O)Cc1ccc([N+](=O)[O-])cc1. The van der Waals surface area contributed by atoms with Crippen LogP contribution in [0.2, 0.25) is 0 Å². The molecule has 0 bridgehead atoms. The maximum atomic E-state index is 11.6. The molecule has 2 N–H and O–H groups in total. The second-order valence-electron chi connectivity index (χ2n) is 4.52. The smallest absolute Gasteiger partial charge is 0.269 e. The van der Waals surface area contributed by atoms with E-state index in [9.17, 15) is 14.9 Å². The third-order valence-electron chi connectivity index (χ3n) is 2.78. The van der Waals surface area contributed by atoms with Crippen molar-refractivity contribution < 1.29 is 14.8 Å². The first kappa shape index (κ1) is 15.1. The third kappa shape index (κ3) is 5.48. The molecule has 0 fully saturated rings. The van der Waals surface area contributed by atoms with Crippen LogP contribution in [0.25, 0.3) is 0 Å². The molecule has 1 unspecified atom stereocenters. The summed E-state index contributed by atoms with van der Waals surface area (Å²) in [5, 5.41) is 22.0. The number of nitrogens with zero attached hydrogens (tertiary/aromatic N) is 1. The highest BCUT2D eigenvalue weighted by atomic mass is 16.6. The maximum absolute atomic E-state index is 11.6. The molecule has 1 aromatic carbocycles. The number of benzene rings is 1. The van der Waals surface area contributed by atoms with Gasteiger partial charge in [-0.1, -0.05) is 19.1 Å². The highest BCUT2D eigenvalue weighted by Gasteiger charge is 2.08. The van der Waals surface area contributed by atoms with E-state index >= 15 is 0 Å². The molecule has 1 amide bonds. The Morgan fingerprint density at radius 3 is 2.58 bits per heavy atom. The predicted molar refractivity (Wildman–Crippen MR) is 70.7 cm³/mol. The maximum Gasteiger partial charge on any atom is 0.269 e. The lowest BCUT2D eigenvalue weighted by molar-refractivity contribution is -0.384. The second-order valence-corrected chi connectivity index (χ2v) is 4.52. The van der Waals surface area contributed by atoms with Crippen molar-refractivity contribution in [3.8, 4) is 0 Å². The van der Waals surface area contributed by atoms with Crippen molar-refractivity contribution in [2.24, 2.45) is 5.92 Å². The fraction of sp³-hybridized carbons (Fsp3) is 0.462. The van der Waals surface area contributed by atoms with E-state index in [2.05, 4.69) is 5.32 Å². The average molecular weight is 266 g/mol. The number of hydrogen-bond donors (Lipinski definition) is 2. The van der Waals surface area contributed by atoms with Gasteiger partial charge in [0.2, 0.25) is 5.91 Å². The number of aliphatic hydroxyl groups excluding tert-OH is 1. The molecule has 0 aliphatic rings. The molecule has 0 spiro atoms. The molecule has 6 heteroatoms. The van der Waals surface area contributed by atoms with Gasteiger partial charge in [-0.15, -0.1) is 0 Å². The van der Waals surface area contributed by atoms with Gasteiger partial charge in [0.1, 0.15) is 0 Å². The van der Waals surface area contributed by atoms with Gasteiger partial charge in [-0.05, 0) is 17.9 Å². The predicted octanol–water partition coefficient (Wildman–Crippen LogP) is 1.27. The largest absolute Gasteiger partial charge is 0.396 e. The summed E-state index contributed by atoms with van der Waals surface area (Å²) in [6, 6.07) is 5.93. The molecule has 6 nitrogen and oxygen atoms in total. The number of amides is 1. The van der Waals surface area contributed by atoms with E-state index in [1.54, 1.807) is 12.1 Å². The molecule has 1 aromatic rings. The van der Waals surface area contributed by atoms with Crippen molar-refractivity contribution >= 4 is 11.6 Å². The lowest BCUT2D eigenvalue weighted by atomic mass is 10.1. The van der Waals surface area contributed by atoms with Crippen LogP contribution in [-0.4, -0.2) is 29.1 Å². The zero-order chi connectivity index (χ0) is 14.3. The van der Waals surface area contributed by atoms with Gasteiger partial charge >= 0.3 is 0 Å². The number of rotatable bonds is 7. The summed E-state index contributed by atoms with van der Waals surface area (Å²) in [5.74, 6) is 0.101. The normalized spacial score (nSPS) is 11.9. The lowest BCUT2D eigenvalue weighted by Crippen LogP contribution is -2.29. The van der Waals surface area contributed by atoms with E-state index < -0.39 is 4.92 Å². The number of nitro benzene ring substituents is 1. The van der Waals surface area contributed by atoms with Gasteiger partial charge in [0.25, 0.3) is 5.69 Å². The standard InChI is InChI=1S/C13H18N2O4/c1-10(6-7-16)9-14-13(17)8-11-2-4-12(5-3-11)15(18)19/h2-5,10,16H,6-9H2,1H3,(H,14,17). The second kappa shape index (κ2) is 7.48. The summed E-state index contributed by atoms with van der Waals surface area (Å²) in [5.41, 5.74) is 0.749. The Morgan fingerprint density at radius 2 is 2.05 bits per heavy atom. The topological polar surface area (TPSA) is 92.5 Å². The number of aliphatic hydroxyl groups is 1. The summed E-state index contributed by atoms with van der Waals surface area (Å²) in [6.45, 7) is 2.58. The van der Waals surface area contributed by atoms with Crippen LogP contribution in [0.4, 0.5) is 5.69 Å². The molecular weight excluding hydrogens is 248 g/mol. The van der Waals surface area contributed by atoms with Crippen LogP contribution in [-0.2, 0) is 11.2 Å².